The molecule has 0 aliphatic rings. The molecule has 1 amide bonds. The molecule has 0 heterocycles. The van der Waals surface area contributed by atoms with Crippen LogP contribution in [0.1, 0.15) is 11.1 Å². The first-order valence-electron chi connectivity index (χ1n) is 7.40. The second kappa shape index (κ2) is 9.01. The van der Waals surface area contributed by atoms with Crippen LogP contribution < -0.4 is 14.8 Å². The van der Waals surface area contributed by atoms with E-state index in [0.29, 0.717) is 12.3 Å². The van der Waals surface area contributed by atoms with Crippen molar-refractivity contribution < 1.29 is 14.3 Å². The number of nitrogens with zero attached hydrogens (tertiary/aromatic N) is 1. The molecule has 0 saturated heterocycles. The van der Waals surface area contributed by atoms with E-state index >= 15 is 0 Å². The summed E-state index contributed by atoms with van der Waals surface area (Å²) in [7, 11) is 1.61. The van der Waals surface area contributed by atoms with Gasteiger partial charge in [-0.05, 0) is 41.5 Å². The van der Waals surface area contributed by atoms with Gasteiger partial charge in [-0.3, -0.25) is 4.79 Å². The molecule has 0 aromatic heterocycles. The standard InChI is InChI=1S/C19H18N2O3/c1-23-18-4-2-3-16(13-18)14-21-19(22)10-7-15-5-8-17(9-6-15)24-12-11-20/h2-10,13H,12,14H2,1H3,(H,21,22)/b10-7+. The Bertz CT molecular complexity index is 746. The fourth-order valence-electron chi connectivity index (χ4n) is 1.99. The lowest BCUT2D eigenvalue weighted by Crippen LogP contribution is -2.20. The number of carbonyl (C=O) groups is 1. The van der Waals surface area contributed by atoms with Crippen LogP contribution in [0.4, 0.5) is 0 Å². The summed E-state index contributed by atoms with van der Waals surface area (Å²) in [5.74, 6) is 1.20. The minimum Gasteiger partial charge on any atom is -0.497 e. The summed E-state index contributed by atoms with van der Waals surface area (Å²) in [6, 6.07) is 16.6. The molecule has 5 heteroatoms. The van der Waals surface area contributed by atoms with Gasteiger partial charge < -0.3 is 14.8 Å². The lowest BCUT2D eigenvalue weighted by Gasteiger charge is -2.05. The molecule has 0 radical (unpaired) electrons. The van der Waals surface area contributed by atoms with E-state index in [9.17, 15) is 4.79 Å². The van der Waals surface area contributed by atoms with Crippen molar-refractivity contribution in [2.24, 2.45) is 0 Å². The minimum atomic E-state index is -0.178. The first-order chi connectivity index (χ1) is 11.7. The largest absolute Gasteiger partial charge is 0.497 e. The van der Waals surface area contributed by atoms with Crippen molar-refractivity contribution in [3.63, 3.8) is 0 Å². The van der Waals surface area contributed by atoms with E-state index in [0.717, 1.165) is 16.9 Å². The van der Waals surface area contributed by atoms with Crippen LogP contribution in [0.25, 0.3) is 6.08 Å². The third kappa shape index (κ3) is 5.50. The number of benzene rings is 2. The van der Waals surface area contributed by atoms with Gasteiger partial charge in [-0.1, -0.05) is 24.3 Å². The van der Waals surface area contributed by atoms with Gasteiger partial charge in [0, 0.05) is 12.6 Å². The van der Waals surface area contributed by atoms with Crippen LogP contribution in [0.3, 0.4) is 0 Å². The maximum absolute atomic E-state index is 11.9. The smallest absolute Gasteiger partial charge is 0.244 e. The Morgan fingerprint density at radius 2 is 2.00 bits per heavy atom. The number of carbonyl (C=O) groups excluding carboxylic acids is 1. The molecule has 122 valence electrons. The first kappa shape index (κ1) is 17.1. The van der Waals surface area contributed by atoms with Gasteiger partial charge in [0.2, 0.25) is 5.91 Å². The van der Waals surface area contributed by atoms with Gasteiger partial charge in [0.25, 0.3) is 0 Å². The molecule has 0 spiro atoms. The Labute approximate surface area is 141 Å². The Morgan fingerprint density at radius 3 is 2.71 bits per heavy atom. The van der Waals surface area contributed by atoms with Crippen molar-refractivity contribution in [2.45, 2.75) is 6.54 Å². The minimum absolute atomic E-state index is 0.0157. The molecule has 0 aliphatic carbocycles. The Hall–Kier alpha value is -3.26. The SMILES string of the molecule is COc1cccc(CNC(=O)/C=C/c2ccc(OCC#N)cc2)c1. The number of rotatable bonds is 7. The molecule has 2 aromatic rings. The van der Waals surface area contributed by atoms with Crippen LogP contribution >= 0.6 is 0 Å². The predicted molar refractivity (Wildman–Crippen MR) is 91.4 cm³/mol. The fourth-order valence-corrected chi connectivity index (χ4v) is 1.99. The van der Waals surface area contributed by atoms with E-state index in [2.05, 4.69) is 5.32 Å². The third-order valence-corrected chi connectivity index (χ3v) is 3.21. The Morgan fingerprint density at radius 1 is 1.21 bits per heavy atom. The monoisotopic (exact) mass is 322 g/mol. The highest BCUT2D eigenvalue weighted by molar-refractivity contribution is 5.91. The van der Waals surface area contributed by atoms with E-state index in [-0.39, 0.29) is 12.5 Å². The van der Waals surface area contributed by atoms with E-state index in [1.54, 1.807) is 25.3 Å². The number of amides is 1. The van der Waals surface area contributed by atoms with Crippen LogP contribution in [-0.2, 0) is 11.3 Å². The number of nitriles is 1. The van der Waals surface area contributed by atoms with Crippen molar-refractivity contribution in [1.82, 2.24) is 5.32 Å². The highest BCUT2D eigenvalue weighted by atomic mass is 16.5. The number of ether oxygens (including phenoxy) is 2. The van der Waals surface area contributed by atoms with Crippen LogP contribution in [0, 0.1) is 11.3 Å². The summed E-state index contributed by atoms with van der Waals surface area (Å²) in [5.41, 5.74) is 1.84. The summed E-state index contributed by atoms with van der Waals surface area (Å²) >= 11 is 0. The van der Waals surface area contributed by atoms with Crippen molar-refractivity contribution >= 4 is 12.0 Å². The van der Waals surface area contributed by atoms with Gasteiger partial charge in [-0.15, -0.1) is 0 Å². The summed E-state index contributed by atoms with van der Waals surface area (Å²) in [5, 5.41) is 11.3. The second-order valence-corrected chi connectivity index (χ2v) is 4.92. The maximum Gasteiger partial charge on any atom is 0.244 e. The molecule has 1 N–H and O–H groups in total. The number of hydrogen-bond donors (Lipinski definition) is 1. The average molecular weight is 322 g/mol. The Kier molecular flexibility index (Phi) is 6.42. The van der Waals surface area contributed by atoms with Crippen molar-refractivity contribution in [2.75, 3.05) is 13.7 Å². The molecular weight excluding hydrogens is 304 g/mol. The van der Waals surface area contributed by atoms with Crippen LogP contribution in [0.15, 0.2) is 54.6 Å². The van der Waals surface area contributed by atoms with Crippen molar-refractivity contribution in [3.05, 3.63) is 65.7 Å². The average Bonchev–Trinajstić information content (AvgIpc) is 2.64. The van der Waals surface area contributed by atoms with Crippen LogP contribution in [0.5, 0.6) is 11.5 Å². The molecule has 0 aliphatic heterocycles. The number of hydrogen-bond acceptors (Lipinski definition) is 4. The lowest BCUT2D eigenvalue weighted by atomic mass is 10.2. The van der Waals surface area contributed by atoms with Gasteiger partial charge in [-0.25, -0.2) is 0 Å². The van der Waals surface area contributed by atoms with Gasteiger partial charge in [0.05, 0.1) is 7.11 Å². The van der Waals surface area contributed by atoms with Crippen LogP contribution in [-0.4, -0.2) is 19.6 Å². The molecule has 2 rings (SSSR count). The fraction of sp³-hybridized carbons (Fsp3) is 0.158. The second-order valence-electron chi connectivity index (χ2n) is 4.92. The van der Waals surface area contributed by atoms with E-state index < -0.39 is 0 Å². The van der Waals surface area contributed by atoms with E-state index in [1.165, 1.54) is 6.08 Å². The van der Waals surface area contributed by atoms with Crippen molar-refractivity contribution in [3.8, 4) is 17.6 Å². The first-order valence-corrected chi connectivity index (χ1v) is 7.40. The van der Waals surface area contributed by atoms with Gasteiger partial charge in [0.15, 0.2) is 6.61 Å². The molecule has 2 aromatic carbocycles. The number of methoxy groups -OCH3 is 1. The summed E-state index contributed by atoms with van der Waals surface area (Å²) in [6.45, 7) is 0.448. The molecule has 5 nitrogen and oxygen atoms in total. The van der Waals surface area contributed by atoms with Crippen molar-refractivity contribution in [1.29, 1.82) is 5.26 Å². The maximum atomic E-state index is 11.9. The summed E-state index contributed by atoms with van der Waals surface area (Å²) in [6.07, 6.45) is 3.19. The normalized spacial score (nSPS) is 10.2. The highest BCUT2D eigenvalue weighted by Crippen LogP contribution is 2.13. The zero-order valence-electron chi connectivity index (χ0n) is 13.4. The van der Waals surface area contributed by atoms with Gasteiger partial charge in [0.1, 0.15) is 17.6 Å². The molecule has 0 fully saturated rings. The third-order valence-electron chi connectivity index (χ3n) is 3.21. The molecular formula is C19H18N2O3. The summed E-state index contributed by atoms with van der Waals surface area (Å²) in [4.78, 5) is 11.9. The number of nitrogens with one attached hydrogen (secondary N) is 1. The van der Waals surface area contributed by atoms with E-state index in [4.69, 9.17) is 14.7 Å². The van der Waals surface area contributed by atoms with Crippen LogP contribution in [0.2, 0.25) is 0 Å². The molecule has 0 atom stereocenters. The predicted octanol–water partition coefficient (Wildman–Crippen LogP) is 2.93. The topological polar surface area (TPSA) is 71.3 Å². The lowest BCUT2D eigenvalue weighted by molar-refractivity contribution is -0.116. The molecule has 0 unspecified atom stereocenters. The van der Waals surface area contributed by atoms with Gasteiger partial charge in [-0.2, -0.15) is 5.26 Å². The zero-order valence-corrected chi connectivity index (χ0v) is 13.4. The van der Waals surface area contributed by atoms with E-state index in [1.807, 2.05) is 42.5 Å². The Balaban J connectivity index is 1.85. The molecule has 24 heavy (non-hydrogen) atoms. The van der Waals surface area contributed by atoms with Gasteiger partial charge >= 0.3 is 0 Å². The summed E-state index contributed by atoms with van der Waals surface area (Å²) < 4.78 is 10.3. The zero-order chi connectivity index (χ0) is 17.2. The highest BCUT2D eigenvalue weighted by Gasteiger charge is 1.99. The molecule has 0 saturated carbocycles. The quantitative estimate of drug-likeness (QED) is 0.796. The molecule has 0 bridgehead atoms.